The summed E-state index contributed by atoms with van der Waals surface area (Å²) in [4.78, 5) is 0. The highest BCUT2D eigenvalue weighted by molar-refractivity contribution is 5.20. The summed E-state index contributed by atoms with van der Waals surface area (Å²) in [6, 6.07) is 80.7. The topological polar surface area (TPSA) is 102 Å². The molecule has 0 saturated carbocycles. The van der Waals surface area contributed by atoms with Gasteiger partial charge in [0.1, 0.15) is 48.8 Å². The molecule has 2 saturated heterocycles. The van der Waals surface area contributed by atoms with Crippen molar-refractivity contribution >= 4 is 0 Å². The molecule has 0 N–H and O–H groups in total. The third-order valence-corrected chi connectivity index (χ3v) is 14.3. The summed E-state index contributed by atoms with van der Waals surface area (Å²) in [6.45, 7) is 4.28. The van der Waals surface area contributed by atoms with Crippen LogP contribution in [0.15, 0.2) is 243 Å². The molecule has 80 heavy (non-hydrogen) atoms. The van der Waals surface area contributed by atoms with E-state index in [1.54, 1.807) is 0 Å². The fourth-order valence-electron chi connectivity index (χ4n) is 10.2. The van der Waals surface area contributed by atoms with Gasteiger partial charge in [-0.15, -0.1) is 0 Å². The molecule has 10 rings (SSSR count). The molecule has 11 heteroatoms. The van der Waals surface area contributed by atoms with E-state index in [2.05, 4.69) is 0 Å². The van der Waals surface area contributed by atoms with Crippen LogP contribution in [0.2, 0.25) is 0 Å². The molecule has 2 aliphatic rings. The van der Waals surface area contributed by atoms with Gasteiger partial charge < -0.3 is 52.1 Å². The number of ether oxygens (including phenoxy) is 11. The first-order chi connectivity index (χ1) is 39.5. The number of hydrogen-bond donors (Lipinski definition) is 0. The summed E-state index contributed by atoms with van der Waals surface area (Å²) < 4.78 is 78.4. The largest absolute Gasteiger partial charge is 0.374 e. The molecule has 0 unspecified atom stereocenters. The molecule has 11 nitrogen and oxygen atoms in total. The molecule has 414 valence electrons. The second-order valence-corrected chi connectivity index (χ2v) is 20.4. The van der Waals surface area contributed by atoms with E-state index >= 15 is 0 Å². The summed E-state index contributed by atoms with van der Waals surface area (Å²) in [5.74, 6) is -1.64. The third kappa shape index (κ3) is 16.2. The second-order valence-electron chi connectivity index (χ2n) is 20.4. The van der Waals surface area contributed by atoms with E-state index < -0.39 is 60.9 Å². The molecule has 8 aromatic carbocycles. The van der Waals surface area contributed by atoms with Crippen LogP contribution in [0.3, 0.4) is 0 Å². The Morgan fingerprint density at radius 1 is 0.300 bits per heavy atom. The normalized spacial score (nSPS) is 23.8. The standard InChI is InChI=1S/C69H72O11/c1-69(67(77-49-59-40-24-9-25-41-59)65(75-47-57-36-20-7-21-37-57)63(73-45-55-32-16-5-17-33-55)61(79-69)51-71-43-53-28-12-3-13-29-53)80-68-66(76-48-58-38-22-8-23-39-58)64(74-46-56-34-18-6-19-35-56)62(72-44-54-30-14-4-15-31-54)60(78-68)50-70-42-52-26-10-2-11-27-52/h2-41,60-68H,42-51H2,1H3/t60-,61-,62-,63-,64+,65+,66-,67-,68+,69-/m1/s1. The van der Waals surface area contributed by atoms with Crippen molar-refractivity contribution < 1.29 is 52.1 Å². The van der Waals surface area contributed by atoms with Gasteiger partial charge in [0.2, 0.25) is 0 Å². The molecule has 0 radical (unpaired) electrons. The lowest BCUT2D eigenvalue weighted by molar-refractivity contribution is -0.431. The molecule has 0 spiro atoms. The number of benzene rings is 8. The highest BCUT2D eigenvalue weighted by Gasteiger charge is 2.59. The Hall–Kier alpha value is -6.68. The van der Waals surface area contributed by atoms with E-state index in [1.807, 2.05) is 250 Å². The monoisotopic (exact) mass is 1080 g/mol. The lowest BCUT2D eigenvalue weighted by Crippen LogP contribution is -2.70. The second kappa shape index (κ2) is 29.7. The first-order valence-electron chi connectivity index (χ1n) is 27.7. The van der Waals surface area contributed by atoms with Gasteiger partial charge in [0.05, 0.1) is 66.1 Å². The van der Waals surface area contributed by atoms with Crippen molar-refractivity contribution in [2.75, 3.05) is 13.2 Å². The van der Waals surface area contributed by atoms with E-state index in [4.69, 9.17) is 52.1 Å². The van der Waals surface area contributed by atoms with Crippen LogP contribution in [0.5, 0.6) is 0 Å². The van der Waals surface area contributed by atoms with Gasteiger partial charge in [-0.05, 0) is 51.4 Å². The Morgan fingerprint density at radius 2 is 0.575 bits per heavy atom. The minimum atomic E-state index is -1.64. The Morgan fingerprint density at radius 3 is 0.938 bits per heavy atom. The van der Waals surface area contributed by atoms with E-state index in [0.717, 1.165) is 44.5 Å². The molecule has 2 fully saturated rings. The summed E-state index contributed by atoms with van der Waals surface area (Å²) in [5, 5.41) is 0. The van der Waals surface area contributed by atoms with Gasteiger partial charge in [0.15, 0.2) is 12.1 Å². The Labute approximate surface area is 471 Å². The first kappa shape index (κ1) is 56.6. The van der Waals surface area contributed by atoms with Crippen LogP contribution < -0.4 is 0 Å². The smallest absolute Gasteiger partial charge is 0.198 e. The minimum absolute atomic E-state index is 0.123. The molecule has 0 aromatic heterocycles. The zero-order valence-corrected chi connectivity index (χ0v) is 45.4. The van der Waals surface area contributed by atoms with E-state index in [0.29, 0.717) is 13.2 Å². The minimum Gasteiger partial charge on any atom is -0.374 e. The molecule has 2 heterocycles. The highest BCUT2D eigenvalue weighted by atomic mass is 16.8. The van der Waals surface area contributed by atoms with Gasteiger partial charge in [-0.25, -0.2) is 0 Å². The summed E-state index contributed by atoms with van der Waals surface area (Å²) in [6.07, 6.45) is -7.53. The first-order valence-corrected chi connectivity index (χ1v) is 27.7. The molecular formula is C69H72O11. The van der Waals surface area contributed by atoms with Crippen molar-refractivity contribution in [1.29, 1.82) is 0 Å². The van der Waals surface area contributed by atoms with Crippen LogP contribution >= 0.6 is 0 Å². The maximum Gasteiger partial charge on any atom is 0.198 e. The predicted octanol–water partition coefficient (Wildman–Crippen LogP) is 12.8. The average Bonchev–Trinajstić information content (AvgIpc) is 3.60. The van der Waals surface area contributed by atoms with Crippen LogP contribution in [0.4, 0.5) is 0 Å². The van der Waals surface area contributed by atoms with Crippen molar-refractivity contribution in [3.05, 3.63) is 287 Å². The highest BCUT2D eigenvalue weighted by Crippen LogP contribution is 2.42. The molecule has 10 atom stereocenters. The third-order valence-electron chi connectivity index (χ3n) is 14.3. The van der Waals surface area contributed by atoms with E-state index in [-0.39, 0.29) is 52.9 Å². The van der Waals surface area contributed by atoms with Crippen LogP contribution in [0, 0.1) is 0 Å². The molecule has 2 aliphatic heterocycles. The number of hydrogen-bond acceptors (Lipinski definition) is 11. The quantitative estimate of drug-likeness (QED) is 0.0469. The summed E-state index contributed by atoms with van der Waals surface area (Å²) in [7, 11) is 0. The zero-order chi connectivity index (χ0) is 54.4. The molecule has 0 amide bonds. The van der Waals surface area contributed by atoms with Crippen molar-refractivity contribution in [3.8, 4) is 0 Å². The number of rotatable bonds is 28. The summed E-state index contributed by atoms with van der Waals surface area (Å²) in [5.41, 5.74) is 7.88. The van der Waals surface area contributed by atoms with Crippen molar-refractivity contribution in [1.82, 2.24) is 0 Å². The molecule has 0 bridgehead atoms. The lowest BCUT2D eigenvalue weighted by Gasteiger charge is -2.53. The van der Waals surface area contributed by atoms with Crippen molar-refractivity contribution in [2.24, 2.45) is 0 Å². The van der Waals surface area contributed by atoms with E-state index in [1.165, 1.54) is 0 Å². The maximum absolute atomic E-state index is 7.62. The zero-order valence-electron chi connectivity index (χ0n) is 45.4. The van der Waals surface area contributed by atoms with Crippen LogP contribution in [0.25, 0.3) is 0 Å². The van der Waals surface area contributed by atoms with Gasteiger partial charge in [0, 0.05) is 0 Å². The lowest BCUT2D eigenvalue weighted by atomic mass is 9.91. The van der Waals surface area contributed by atoms with Gasteiger partial charge in [-0.3, -0.25) is 0 Å². The Bertz CT molecular complexity index is 2950. The van der Waals surface area contributed by atoms with Gasteiger partial charge in [-0.2, -0.15) is 0 Å². The molecular weight excluding hydrogens is 1000 g/mol. The Kier molecular flexibility index (Phi) is 21.0. The fraction of sp³-hybridized carbons (Fsp3) is 0.304. The van der Waals surface area contributed by atoms with Crippen LogP contribution in [0.1, 0.15) is 51.4 Å². The van der Waals surface area contributed by atoms with Crippen molar-refractivity contribution in [2.45, 2.75) is 121 Å². The molecule has 8 aromatic rings. The van der Waals surface area contributed by atoms with Crippen molar-refractivity contribution in [3.63, 3.8) is 0 Å². The van der Waals surface area contributed by atoms with Crippen LogP contribution in [-0.2, 0) is 105 Å². The SMILES string of the molecule is C[C@]1(O[C@@H]2O[C@H](COCc3ccccc3)[C@@H](OCc3ccccc3)[C@H](OCc3ccccc3)[C@H]2OCc2ccccc2)O[C@H](COCc2ccccc2)[C@@H](OCc2ccccc2)[C@H](OCc2ccccc2)[C@H]1OCc1ccccc1. The van der Waals surface area contributed by atoms with Gasteiger partial charge in [0.25, 0.3) is 0 Å². The molecule has 0 aliphatic carbocycles. The van der Waals surface area contributed by atoms with Crippen LogP contribution in [-0.4, -0.2) is 74.1 Å². The fourth-order valence-corrected chi connectivity index (χ4v) is 10.2. The van der Waals surface area contributed by atoms with Gasteiger partial charge in [-0.1, -0.05) is 243 Å². The predicted molar refractivity (Wildman–Crippen MR) is 305 cm³/mol. The van der Waals surface area contributed by atoms with Gasteiger partial charge >= 0.3 is 0 Å². The summed E-state index contributed by atoms with van der Waals surface area (Å²) >= 11 is 0. The van der Waals surface area contributed by atoms with E-state index in [9.17, 15) is 0 Å². The Balaban J connectivity index is 1.06. The average molecular weight is 1080 g/mol. The maximum atomic E-state index is 7.62.